The molecule has 1 aromatic heterocycles. The fraction of sp³-hybridized carbons (Fsp3) is 0.438. The number of aryl methyl sites for hydroxylation is 1. The van der Waals surface area contributed by atoms with Gasteiger partial charge in [0.15, 0.2) is 0 Å². The van der Waals surface area contributed by atoms with Crippen molar-refractivity contribution in [1.29, 1.82) is 0 Å². The number of rotatable bonds is 6. The van der Waals surface area contributed by atoms with Crippen LogP contribution in [0.2, 0.25) is 0 Å². The first-order chi connectivity index (χ1) is 10.1. The zero-order valence-electron chi connectivity index (χ0n) is 13.3. The SMILES string of the molecule is COc1ccc(OC)c(C(C)NCc2cnn(C)c2C)c1. The summed E-state index contributed by atoms with van der Waals surface area (Å²) in [6.45, 7) is 4.95. The molecule has 1 aromatic carbocycles. The highest BCUT2D eigenvalue weighted by Crippen LogP contribution is 2.29. The standard InChI is InChI=1S/C16H23N3O2/c1-11(17-9-13-10-18-19(3)12(13)2)15-8-14(20-4)6-7-16(15)21-5/h6-8,10-11,17H,9H2,1-5H3. The summed E-state index contributed by atoms with van der Waals surface area (Å²) in [6.07, 6.45) is 1.90. The lowest BCUT2D eigenvalue weighted by Gasteiger charge is -2.18. The molecule has 0 saturated heterocycles. The molecule has 5 heteroatoms. The number of nitrogens with one attached hydrogen (secondary N) is 1. The second-order valence-corrected chi connectivity index (χ2v) is 5.09. The van der Waals surface area contributed by atoms with Crippen LogP contribution < -0.4 is 14.8 Å². The molecule has 0 aliphatic heterocycles. The molecule has 1 atom stereocenters. The first-order valence-corrected chi connectivity index (χ1v) is 6.99. The van der Waals surface area contributed by atoms with Crippen molar-refractivity contribution in [2.24, 2.45) is 7.05 Å². The Morgan fingerprint density at radius 3 is 2.62 bits per heavy atom. The van der Waals surface area contributed by atoms with Crippen molar-refractivity contribution in [3.8, 4) is 11.5 Å². The van der Waals surface area contributed by atoms with Crippen LogP contribution in [0.5, 0.6) is 11.5 Å². The maximum Gasteiger partial charge on any atom is 0.123 e. The Bertz CT molecular complexity index is 608. The van der Waals surface area contributed by atoms with Gasteiger partial charge in [0.05, 0.1) is 20.4 Å². The Labute approximate surface area is 125 Å². The van der Waals surface area contributed by atoms with Gasteiger partial charge in [0.25, 0.3) is 0 Å². The van der Waals surface area contributed by atoms with Gasteiger partial charge in [-0.3, -0.25) is 4.68 Å². The third kappa shape index (κ3) is 3.36. The van der Waals surface area contributed by atoms with Gasteiger partial charge in [-0.05, 0) is 32.0 Å². The van der Waals surface area contributed by atoms with Crippen LogP contribution in [-0.2, 0) is 13.6 Å². The summed E-state index contributed by atoms with van der Waals surface area (Å²) < 4.78 is 12.6. The van der Waals surface area contributed by atoms with Crippen LogP contribution in [0.3, 0.4) is 0 Å². The van der Waals surface area contributed by atoms with Gasteiger partial charge in [0.1, 0.15) is 11.5 Å². The molecule has 0 radical (unpaired) electrons. The summed E-state index contributed by atoms with van der Waals surface area (Å²) in [7, 11) is 5.30. The Balaban J connectivity index is 2.12. The van der Waals surface area contributed by atoms with E-state index in [1.165, 1.54) is 11.3 Å². The second kappa shape index (κ2) is 6.63. The predicted molar refractivity (Wildman–Crippen MR) is 82.7 cm³/mol. The van der Waals surface area contributed by atoms with Crippen LogP contribution in [-0.4, -0.2) is 24.0 Å². The fourth-order valence-corrected chi connectivity index (χ4v) is 2.27. The summed E-state index contributed by atoms with van der Waals surface area (Å²) in [6, 6.07) is 5.99. The van der Waals surface area contributed by atoms with Crippen molar-refractivity contribution in [2.75, 3.05) is 14.2 Å². The van der Waals surface area contributed by atoms with Gasteiger partial charge in [-0.25, -0.2) is 0 Å². The van der Waals surface area contributed by atoms with E-state index < -0.39 is 0 Å². The lowest BCUT2D eigenvalue weighted by molar-refractivity contribution is 0.391. The summed E-state index contributed by atoms with van der Waals surface area (Å²) in [5, 5.41) is 7.77. The van der Waals surface area contributed by atoms with Gasteiger partial charge in [0, 0.05) is 36.5 Å². The largest absolute Gasteiger partial charge is 0.497 e. The predicted octanol–water partition coefficient (Wildman–Crippen LogP) is 2.60. The summed E-state index contributed by atoms with van der Waals surface area (Å²) in [4.78, 5) is 0. The minimum Gasteiger partial charge on any atom is -0.497 e. The van der Waals surface area contributed by atoms with E-state index in [2.05, 4.69) is 24.3 Å². The zero-order chi connectivity index (χ0) is 15.4. The van der Waals surface area contributed by atoms with Gasteiger partial charge in [0.2, 0.25) is 0 Å². The zero-order valence-corrected chi connectivity index (χ0v) is 13.3. The number of ether oxygens (including phenoxy) is 2. The molecule has 2 aromatic rings. The van der Waals surface area contributed by atoms with E-state index in [9.17, 15) is 0 Å². The van der Waals surface area contributed by atoms with Crippen molar-refractivity contribution in [3.05, 3.63) is 41.2 Å². The number of hydrogen-bond donors (Lipinski definition) is 1. The molecule has 1 N–H and O–H groups in total. The van der Waals surface area contributed by atoms with Crippen molar-refractivity contribution < 1.29 is 9.47 Å². The molecule has 0 bridgehead atoms. The highest BCUT2D eigenvalue weighted by atomic mass is 16.5. The molecule has 5 nitrogen and oxygen atoms in total. The van der Waals surface area contributed by atoms with Crippen LogP contribution in [0.4, 0.5) is 0 Å². The van der Waals surface area contributed by atoms with Crippen molar-refractivity contribution in [2.45, 2.75) is 26.4 Å². The molecule has 1 heterocycles. The third-order valence-electron chi connectivity index (χ3n) is 3.84. The molecule has 1 unspecified atom stereocenters. The van der Waals surface area contributed by atoms with Gasteiger partial charge in [-0.2, -0.15) is 5.10 Å². The molecule has 21 heavy (non-hydrogen) atoms. The first-order valence-electron chi connectivity index (χ1n) is 6.99. The molecule has 0 aliphatic carbocycles. The monoisotopic (exact) mass is 289 g/mol. The van der Waals surface area contributed by atoms with Crippen LogP contribution in [0.15, 0.2) is 24.4 Å². The smallest absolute Gasteiger partial charge is 0.123 e. The summed E-state index contributed by atoms with van der Waals surface area (Å²) in [5.41, 5.74) is 3.46. The number of aromatic nitrogens is 2. The molecule has 0 fully saturated rings. The normalized spacial score (nSPS) is 12.2. The number of nitrogens with zero attached hydrogens (tertiary/aromatic N) is 2. The lowest BCUT2D eigenvalue weighted by Crippen LogP contribution is -2.19. The van der Waals surface area contributed by atoms with E-state index in [1.54, 1.807) is 14.2 Å². The topological polar surface area (TPSA) is 48.3 Å². The molecular weight excluding hydrogens is 266 g/mol. The van der Waals surface area contributed by atoms with Gasteiger partial charge in [-0.1, -0.05) is 0 Å². The van der Waals surface area contributed by atoms with Gasteiger partial charge < -0.3 is 14.8 Å². The Morgan fingerprint density at radius 2 is 2.05 bits per heavy atom. The van der Waals surface area contributed by atoms with Crippen molar-refractivity contribution in [1.82, 2.24) is 15.1 Å². The molecule has 2 rings (SSSR count). The number of benzene rings is 1. The van der Waals surface area contributed by atoms with E-state index in [-0.39, 0.29) is 6.04 Å². The third-order valence-corrected chi connectivity index (χ3v) is 3.84. The molecule has 0 aliphatic rings. The molecule has 0 spiro atoms. The lowest BCUT2D eigenvalue weighted by atomic mass is 10.1. The quantitative estimate of drug-likeness (QED) is 0.888. The minimum atomic E-state index is 0.148. The average molecular weight is 289 g/mol. The highest BCUT2D eigenvalue weighted by molar-refractivity contribution is 5.42. The number of methoxy groups -OCH3 is 2. The maximum absolute atomic E-state index is 5.43. The maximum atomic E-state index is 5.43. The van der Waals surface area contributed by atoms with E-state index in [0.29, 0.717) is 0 Å². The van der Waals surface area contributed by atoms with E-state index in [0.717, 1.165) is 23.6 Å². The molecule has 0 amide bonds. The minimum absolute atomic E-state index is 0.148. The van der Waals surface area contributed by atoms with Crippen LogP contribution >= 0.6 is 0 Å². The van der Waals surface area contributed by atoms with E-state index in [4.69, 9.17) is 9.47 Å². The van der Waals surface area contributed by atoms with Crippen molar-refractivity contribution >= 4 is 0 Å². The average Bonchev–Trinajstić information content (AvgIpc) is 2.83. The summed E-state index contributed by atoms with van der Waals surface area (Å²) in [5.74, 6) is 1.69. The Morgan fingerprint density at radius 1 is 1.29 bits per heavy atom. The van der Waals surface area contributed by atoms with Crippen LogP contribution in [0.1, 0.15) is 29.8 Å². The summed E-state index contributed by atoms with van der Waals surface area (Å²) >= 11 is 0. The van der Waals surface area contributed by atoms with E-state index >= 15 is 0 Å². The Hall–Kier alpha value is -2.01. The molecule has 0 saturated carbocycles. The van der Waals surface area contributed by atoms with E-state index in [1.807, 2.05) is 36.1 Å². The number of hydrogen-bond acceptors (Lipinski definition) is 4. The first kappa shape index (κ1) is 15.4. The van der Waals surface area contributed by atoms with Gasteiger partial charge in [-0.15, -0.1) is 0 Å². The van der Waals surface area contributed by atoms with Crippen molar-refractivity contribution in [3.63, 3.8) is 0 Å². The van der Waals surface area contributed by atoms with Gasteiger partial charge >= 0.3 is 0 Å². The highest BCUT2D eigenvalue weighted by Gasteiger charge is 2.13. The van der Waals surface area contributed by atoms with Crippen LogP contribution in [0.25, 0.3) is 0 Å². The molecule has 114 valence electrons. The Kier molecular flexibility index (Phi) is 4.85. The van der Waals surface area contributed by atoms with Crippen LogP contribution in [0, 0.1) is 6.92 Å². The molecular formula is C16H23N3O2. The second-order valence-electron chi connectivity index (χ2n) is 5.09. The fourth-order valence-electron chi connectivity index (χ4n) is 2.27.